The molecule has 0 N–H and O–H groups in total. The van der Waals surface area contributed by atoms with Crippen LogP contribution in [0.3, 0.4) is 0 Å². The van der Waals surface area contributed by atoms with Crippen molar-refractivity contribution in [3.63, 3.8) is 0 Å². The molecule has 4 nitrogen and oxygen atoms in total. The van der Waals surface area contributed by atoms with E-state index in [1.54, 1.807) is 14.2 Å². The third-order valence-corrected chi connectivity index (χ3v) is 3.49. The van der Waals surface area contributed by atoms with Crippen LogP contribution in [0, 0.1) is 12.8 Å². The molecule has 0 fully saturated rings. The normalized spacial score (nSPS) is 11.0. The fourth-order valence-corrected chi connectivity index (χ4v) is 2.51. The van der Waals surface area contributed by atoms with Gasteiger partial charge in [-0.1, -0.05) is 38.1 Å². The highest BCUT2D eigenvalue weighted by atomic mass is 16.5. The average Bonchev–Trinajstić information content (AvgIpc) is 2.42. The molecular formula is C17H22N2O2. The maximum absolute atomic E-state index is 12.6. The van der Waals surface area contributed by atoms with Crippen molar-refractivity contribution >= 4 is 0 Å². The van der Waals surface area contributed by atoms with Crippen molar-refractivity contribution in [1.29, 1.82) is 0 Å². The second-order valence-corrected chi connectivity index (χ2v) is 5.70. The van der Waals surface area contributed by atoms with E-state index in [-0.39, 0.29) is 5.56 Å². The summed E-state index contributed by atoms with van der Waals surface area (Å²) in [6, 6.07) is 7.85. The fraction of sp³-hybridized carbons (Fsp3) is 0.412. The number of benzene rings is 1. The standard InChI is InChI=1S/C17H22N2O2/c1-11(2)10-14-16(21-5)15(17(20)19(4)18-14)13-9-7-6-8-12(13)3/h6-9,11H,10H2,1-5H3. The summed E-state index contributed by atoms with van der Waals surface area (Å²) in [6.07, 6.45) is 0.774. The molecule has 0 aliphatic rings. The van der Waals surface area contributed by atoms with E-state index in [4.69, 9.17) is 4.74 Å². The molecule has 2 rings (SSSR count). The number of hydrogen-bond acceptors (Lipinski definition) is 3. The Morgan fingerprint density at radius 1 is 1.29 bits per heavy atom. The van der Waals surface area contributed by atoms with Crippen LogP contribution < -0.4 is 10.3 Å². The van der Waals surface area contributed by atoms with E-state index >= 15 is 0 Å². The van der Waals surface area contributed by atoms with Gasteiger partial charge in [0.15, 0.2) is 5.75 Å². The minimum Gasteiger partial charge on any atom is -0.494 e. The molecule has 1 aromatic carbocycles. The smallest absolute Gasteiger partial charge is 0.278 e. The zero-order chi connectivity index (χ0) is 15.6. The summed E-state index contributed by atoms with van der Waals surface area (Å²) in [6.45, 7) is 6.25. The lowest BCUT2D eigenvalue weighted by Crippen LogP contribution is -2.25. The zero-order valence-electron chi connectivity index (χ0n) is 13.3. The minimum absolute atomic E-state index is 0.131. The largest absolute Gasteiger partial charge is 0.494 e. The van der Waals surface area contributed by atoms with Gasteiger partial charge in [-0.05, 0) is 30.4 Å². The topological polar surface area (TPSA) is 44.1 Å². The Kier molecular flexibility index (Phi) is 4.46. The lowest BCUT2D eigenvalue weighted by molar-refractivity contribution is 0.398. The molecule has 0 spiro atoms. The lowest BCUT2D eigenvalue weighted by atomic mass is 9.98. The lowest BCUT2D eigenvalue weighted by Gasteiger charge is -2.16. The Morgan fingerprint density at radius 3 is 2.52 bits per heavy atom. The predicted octanol–water partition coefficient (Wildman–Crippen LogP) is 2.96. The van der Waals surface area contributed by atoms with Gasteiger partial charge >= 0.3 is 0 Å². The van der Waals surface area contributed by atoms with E-state index in [1.165, 1.54) is 4.68 Å². The number of hydrogen-bond donors (Lipinski definition) is 0. The van der Waals surface area contributed by atoms with Gasteiger partial charge in [0.25, 0.3) is 5.56 Å². The monoisotopic (exact) mass is 286 g/mol. The van der Waals surface area contributed by atoms with Crippen LogP contribution in [0.2, 0.25) is 0 Å². The van der Waals surface area contributed by atoms with Gasteiger partial charge < -0.3 is 4.74 Å². The van der Waals surface area contributed by atoms with Crippen LogP contribution in [0.4, 0.5) is 0 Å². The second kappa shape index (κ2) is 6.12. The first-order valence-corrected chi connectivity index (χ1v) is 7.15. The van der Waals surface area contributed by atoms with Crippen molar-refractivity contribution in [2.45, 2.75) is 27.2 Å². The number of ether oxygens (including phenoxy) is 1. The van der Waals surface area contributed by atoms with Crippen LogP contribution in [0.25, 0.3) is 11.1 Å². The van der Waals surface area contributed by atoms with Gasteiger partial charge in [-0.2, -0.15) is 5.10 Å². The van der Waals surface area contributed by atoms with E-state index in [1.807, 2.05) is 31.2 Å². The number of aryl methyl sites for hydroxylation is 2. The molecule has 0 saturated carbocycles. The highest BCUT2D eigenvalue weighted by Crippen LogP contribution is 2.31. The molecule has 0 aliphatic carbocycles. The van der Waals surface area contributed by atoms with Gasteiger partial charge in [0.2, 0.25) is 0 Å². The van der Waals surface area contributed by atoms with Crippen molar-refractivity contribution < 1.29 is 4.74 Å². The molecule has 112 valence electrons. The molecule has 0 amide bonds. The Morgan fingerprint density at radius 2 is 1.95 bits per heavy atom. The third-order valence-electron chi connectivity index (χ3n) is 3.49. The Hall–Kier alpha value is -2.10. The molecule has 0 aliphatic heterocycles. The SMILES string of the molecule is COc1c(CC(C)C)nn(C)c(=O)c1-c1ccccc1C. The number of rotatable bonds is 4. The first kappa shape index (κ1) is 15.3. The zero-order valence-corrected chi connectivity index (χ0v) is 13.3. The number of nitrogens with zero attached hydrogens (tertiary/aromatic N) is 2. The number of methoxy groups -OCH3 is 1. The summed E-state index contributed by atoms with van der Waals surface area (Å²) in [5.74, 6) is 1.04. The van der Waals surface area contributed by atoms with Crippen molar-refractivity contribution in [2.24, 2.45) is 13.0 Å². The molecule has 0 atom stereocenters. The van der Waals surface area contributed by atoms with Gasteiger partial charge in [0.1, 0.15) is 5.69 Å². The predicted molar refractivity (Wildman–Crippen MR) is 84.7 cm³/mol. The molecule has 0 bridgehead atoms. The van der Waals surface area contributed by atoms with E-state index < -0.39 is 0 Å². The molecule has 21 heavy (non-hydrogen) atoms. The average molecular weight is 286 g/mol. The summed E-state index contributed by atoms with van der Waals surface area (Å²) < 4.78 is 6.95. The van der Waals surface area contributed by atoms with Gasteiger partial charge in [-0.25, -0.2) is 4.68 Å². The second-order valence-electron chi connectivity index (χ2n) is 5.70. The van der Waals surface area contributed by atoms with Crippen molar-refractivity contribution in [3.05, 3.63) is 45.9 Å². The fourth-order valence-electron chi connectivity index (χ4n) is 2.51. The molecule has 0 saturated heterocycles. The molecule has 1 aromatic heterocycles. The Balaban J connectivity index is 2.78. The summed E-state index contributed by atoms with van der Waals surface area (Å²) in [7, 11) is 3.29. The molecule has 0 unspecified atom stereocenters. The first-order valence-electron chi connectivity index (χ1n) is 7.15. The van der Waals surface area contributed by atoms with Gasteiger partial charge in [-0.15, -0.1) is 0 Å². The summed E-state index contributed by atoms with van der Waals surface area (Å²) >= 11 is 0. The van der Waals surface area contributed by atoms with Crippen LogP contribution in [0.1, 0.15) is 25.1 Å². The molecule has 4 heteroatoms. The van der Waals surface area contributed by atoms with Crippen molar-refractivity contribution in [3.8, 4) is 16.9 Å². The Bertz CT molecular complexity index is 702. The van der Waals surface area contributed by atoms with Crippen LogP contribution in [-0.2, 0) is 13.5 Å². The van der Waals surface area contributed by atoms with Gasteiger partial charge in [-0.3, -0.25) is 4.79 Å². The van der Waals surface area contributed by atoms with Gasteiger partial charge in [0, 0.05) is 7.05 Å². The van der Waals surface area contributed by atoms with Gasteiger partial charge in [0.05, 0.1) is 12.7 Å². The van der Waals surface area contributed by atoms with Crippen molar-refractivity contribution in [1.82, 2.24) is 9.78 Å². The maximum Gasteiger partial charge on any atom is 0.278 e. The molecular weight excluding hydrogens is 264 g/mol. The summed E-state index contributed by atoms with van der Waals surface area (Å²) in [4.78, 5) is 12.6. The highest BCUT2D eigenvalue weighted by molar-refractivity contribution is 5.73. The molecule has 2 aromatic rings. The quantitative estimate of drug-likeness (QED) is 0.868. The van der Waals surface area contributed by atoms with E-state index in [0.717, 1.165) is 23.2 Å². The summed E-state index contributed by atoms with van der Waals surface area (Å²) in [5, 5.41) is 4.38. The Labute approximate surface area is 125 Å². The van der Waals surface area contributed by atoms with E-state index in [9.17, 15) is 4.79 Å². The van der Waals surface area contributed by atoms with E-state index in [2.05, 4.69) is 18.9 Å². The molecule has 1 heterocycles. The van der Waals surface area contributed by atoms with Crippen LogP contribution in [-0.4, -0.2) is 16.9 Å². The van der Waals surface area contributed by atoms with Crippen LogP contribution in [0.15, 0.2) is 29.1 Å². The van der Waals surface area contributed by atoms with Crippen molar-refractivity contribution in [2.75, 3.05) is 7.11 Å². The number of aromatic nitrogens is 2. The van der Waals surface area contributed by atoms with E-state index in [0.29, 0.717) is 17.2 Å². The molecule has 0 radical (unpaired) electrons. The van der Waals surface area contributed by atoms with Crippen LogP contribution in [0.5, 0.6) is 5.75 Å². The minimum atomic E-state index is -0.131. The van der Waals surface area contributed by atoms with Crippen LogP contribution >= 0.6 is 0 Å². The highest BCUT2D eigenvalue weighted by Gasteiger charge is 2.20. The third kappa shape index (κ3) is 2.99. The summed E-state index contributed by atoms with van der Waals surface area (Å²) in [5.41, 5.74) is 3.25. The maximum atomic E-state index is 12.6. The first-order chi connectivity index (χ1) is 9.95.